The van der Waals surface area contributed by atoms with Crippen LogP contribution in [0.25, 0.3) is 66.7 Å². The molecule has 0 bridgehead atoms. The average Bonchev–Trinajstić information content (AvgIpc) is 3.45. The highest BCUT2D eigenvalue weighted by Gasteiger charge is 2.37. The van der Waals surface area contributed by atoms with Crippen LogP contribution in [-0.4, -0.2) is 15.0 Å². The third-order valence-corrected chi connectivity index (χ3v) is 7.96. The normalized spacial score (nSPS) is 13.7. The van der Waals surface area contributed by atoms with Gasteiger partial charge in [-0.25, -0.2) is 15.0 Å². The number of benzene rings is 4. The molecule has 0 atom stereocenters. The zero-order valence-corrected chi connectivity index (χ0v) is 21.1. The van der Waals surface area contributed by atoms with E-state index in [-0.39, 0.29) is 5.41 Å². The standard InChI is InChI=1S/C34H23N3O/c1-34(2)24-14-8-6-12-21(24)28-25(34)16-17-27-29(28)23-18-19-35-31(32(23)38-27)33-36-26-15-9-7-13-22(26)30(37-33)20-10-4-3-5-11-20/h3-19H,1-2H3. The first-order valence-corrected chi connectivity index (χ1v) is 12.9. The monoisotopic (exact) mass is 489 g/mol. The van der Waals surface area contributed by atoms with Crippen molar-refractivity contribution >= 4 is 32.8 Å². The smallest absolute Gasteiger partial charge is 0.183 e. The minimum Gasteiger partial charge on any atom is -0.454 e. The molecule has 180 valence electrons. The molecule has 4 aromatic carbocycles. The van der Waals surface area contributed by atoms with E-state index in [1.54, 1.807) is 0 Å². The van der Waals surface area contributed by atoms with Crippen LogP contribution in [0.5, 0.6) is 0 Å². The Morgan fingerprint density at radius 2 is 1.45 bits per heavy atom. The second-order valence-electron chi connectivity index (χ2n) is 10.4. The molecule has 3 heterocycles. The molecule has 0 spiro atoms. The Bertz CT molecular complexity index is 2050. The van der Waals surface area contributed by atoms with Crippen molar-refractivity contribution in [1.82, 2.24) is 15.0 Å². The van der Waals surface area contributed by atoms with Gasteiger partial charge in [-0.05, 0) is 40.5 Å². The van der Waals surface area contributed by atoms with Gasteiger partial charge in [0.05, 0.1) is 11.2 Å². The summed E-state index contributed by atoms with van der Waals surface area (Å²) in [6.07, 6.45) is 1.85. The number of fused-ring (bicyclic) bond motifs is 8. The third kappa shape index (κ3) is 2.83. The van der Waals surface area contributed by atoms with Gasteiger partial charge in [0, 0.05) is 33.3 Å². The van der Waals surface area contributed by atoms with E-state index in [1.807, 2.05) is 42.6 Å². The van der Waals surface area contributed by atoms with Gasteiger partial charge in [0.15, 0.2) is 17.1 Å². The van der Waals surface area contributed by atoms with Crippen LogP contribution < -0.4 is 0 Å². The van der Waals surface area contributed by atoms with E-state index in [0.717, 1.165) is 38.5 Å². The zero-order chi connectivity index (χ0) is 25.4. The predicted octanol–water partition coefficient (Wildman–Crippen LogP) is 8.56. The number of furan rings is 1. The fourth-order valence-electron chi connectivity index (χ4n) is 6.14. The van der Waals surface area contributed by atoms with E-state index in [1.165, 1.54) is 22.3 Å². The average molecular weight is 490 g/mol. The van der Waals surface area contributed by atoms with E-state index < -0.39 is 0 Å². The van der Waals surface area contributed by atoms with E-state index in [2.05, 4.69) is 74.5 Å². The number of hydrogen-bond donors (Lipinski definition) is 0. The second kappa shape index (κ2) is 7.59. The molecule has 1 aliphatic rings. The topological polar surface area (TPSA) is 51.8 Å². The van der Waals surface area contributed by atoms with Gasteiger partial charge in [0.2, 0.25) is 0 Å². The van der Waals surface area contributed by atoms with Crippen LogP contribution in [0.1, 0.15) is 25.0 Å². The summed E-state index contributed by atoms with van der Waals surface area (Å²) in [5.41, 5.74) is 10.1. The van der Waals surface area contributed by atoms with E-state index in [0.29, 0.717) is 17.1 Å². The molecule has 38 heavy (non-hydrogen) atoms. The summed E-state index contributed by atoms with van der Waals surface area (Å²) in [5.74, 6) is 0.560. The minimum atomic E-state index is -0.0778. The summed E-state index contributed by atoms with van der Waals surface area (Å²) in [6, 6.07) is 33.4. The molecule has 0 fully saturated rings. The summed E-state index contributed by atoms with van der Waals surface area (Å²) in [4.78, 5) is 14.8. The van der Waals surface area contributed by atoms with Crippen molar-refractivity contribution < 1.29 is 4.42 Å². The van der Waals surface area contributed by atoms with Gasteiger partial charge in [-0.2, -0.15) is 0 Å². The molecule has 0 saturated heterocycles. The van der Waals surface area contributed by atoms with Crippen molar-refractivity contribution in [3.63, 3.8) is 0 Å². The van der Waals surface area contributed by atoms with Gasteiger partial charge in [-0.3, -0.25) is 0 Å². The van der Waals surface area contributed by atoms with Crippen LogP contribution in [0, 0.1) is 0 Å². The van der Waals surface area contributed by atoms with Crippen LogP contribution in [-0.2, 0) is 5.41 Å². The van der Waals surface area contributed by atoms with E-state index in [4.69, 9.17) is 19.4 Å². The van der Waals surface area contributed by atoms with Crippen LogP contribution in [0.15, 0.2) is 108 Å². The van der Waals surface area contributed by atoms with Crippen LogP contribution in [0.3, 0.4) is 0 Å². The Hall–Kier alpha value is -4.83. The summed E-state index contributed by atoms with van der Waals surface area (Å²) in [6.45, 7) is 4.60. The summed E-state index contributed by atoms with van der Waals surface area (Å²) in [7, 11) is 0. The largest absolute Gasteiger partial charge is 0.454 e. The summed E-state index contributed by atoms with van der Waals surface area (Å²) in [5, 5.41) is 3.17. The number of hydrogen-bond acceptors (Lipinski definition) is 4. The molecule has 0 unspecified atom stereocenters. The van der Waals surface area contributed by atoms with E-state index in [9.17, 15) is 0 Å². The van der Waals surface area contributed by atoms with Gasteiger partial charge in [0.1, 0.15) is 5.58 Å². The fraction of sp³-hybridized carbons (Fsp3) is 0.0882. The molecule has 3 aromatic heterocycles. The molecule has 0 aliphatic heterocycles. The number of rotatable bonds is 2. The van der Waals surface area contributed by atoms with Crippen LogP contribution >= 0.6 is 0 Å². The van der Waals surface area contributed by atoms with Crippen molar-refractivity contribution in [1.29, 1.82) is 0 Å². The lowest BCUT2D eigenvalue weighted by Gasteiger charge is -2.21. The van der Waals surface area contributed by atoms with Crippen LogP contribution in [0.4, 0.5) is 0 Å². The van der Waals surface area contributed by atoms with Crippen LogP contribution in [0.2, 0.25) is 0 Å². The Balaban J connectivity index is 1.44. The molecule has 1 aliphatic carbocycles. The van der Waals surface area contributed by atoms with Gasteiger partial charge >= 0.3 is 0 Å². The number of para-hydroxylation sites is 1. The van der Waals surface area contributed by atoms with Crippen molar-refractivity contribution in [2.45, 2.75) is 19.3 Å². The molecule has 4 heteroatoms. The highest BCUT2D eigenvalue weighted by atomic mass is 16.3. The van der Waals surface area contributed by atoms with Crippen molar-refractivity contribution in [2.24, 2.45) is 0 Å². The number of nitrogens with zero attached hydrogens (tertiary/aromatic N) is 3. The Labute approximate surface area is 219 Å². The molecule has 7 aromatic rings. The molecule has 0 saturated carbocycles. The van der Waals surface area contributed by atoms with Crippen molar-refractivity contribution in [2.75, 3.05) is 0 Å². The highest BCUT2D eigenvalue weighted by Crippen LogP contribution is 2.53. The molecular weight excluding hydrogens is 466 g/mol. The third-order valence-electron chi connectivity index (χ3n) is 7.96. The first kappa shape index (κ1) is 21.3. The van der Waals surface area contributed by atoms with E-state index >= 15 is 0 Å². The Morgan fingerprint density at radius 3 is 2.34 bits per heavy atom. The van der Waals surface area contributed by atoms with Crippen molar-refractivity contribution in [3.8, 4) is 33.9 Å². The second-order valence-corrected chi connectivity index (χ2v) is 10.4. The predicted molar refractivity (Wildman–Crippen MR) is 153 cm³/mol. The number of pyridine rings is 1. The molecular formula is C34H23N3O. The first-order valence-electron chi connectivity index (χ1n) is 12.9. The lowest BCUT2D eigenvalue weighted by atomic mass is 9.82. The molecule has 8 rings (SSSR count). The molecule has 0 N–H and O–H groups in total. The summed E-state index contributed by atoms with van der Waals surface area (Å²) < 4.78 is 6.56. The first-order chi connectivity index (χ1) is 18.6. The molecule has 4 nitrogen and oxygen atoms in total. The summed E-state index contributed by atoms with van der Waals surface area (Å²) >= 11 is 0. The lowest BCUT2D eigenvalue weighted by molar-refractivity contribution is 0.656. The van der Waals surface area contributed by atoms with Crippen molar-refractivity contribution in [3.05, 3.63) is 114 Å². The lowest BCUT2D eigenvalue weighted by Crippen LogP contribution is -2.14. The Kier molecular flexibility index (Phi) is 4.25. The SMILES string of the molecule is CC1(C)c2ccccc2-c2c1ccc1oc3c(-c4nc(-c5ccccc5)c5ccccc5n4)nccc3c21. The van der Waals surface area contributed by atoms with Gasteiger partial charge in [-0.1, -0.05) is 92.7 Å². The van der Waals surface area contributed by atoms with Gasteiger partial charge in [-0.15, -0.1) is 0 Å². The molecule has 0 amide bonds. The quantitative estimate of drug-likeness (QED) is 0.244. The van der Waals surface area contributed by atoms with Gasteiger partial charge in [0.25, 0.3) is 0 Å². The molecule has 0 radical (unpaired) electrons. The van der Waals surface area contributed by atoms with Gasteiger partial charge < -0.3 is 4.42 Å². The Morgan fingerprint density at radius 1 is 0.658 bits per heavy atom. The maximum Gasteiger partial charge on any atom is 0.183 e. The number of aromatic nitrogens is 3. The zero-order valence-electron chi connectivity index (χ0n) is 21.1. The fourth-order valence-corrected chi connectivity index (χ4v) is 6.14. The maximum absolute atomic E-state index is 6.56. The highest BCUT2D eigenvalue weighted by molar-refractivity contribution is 6.16. The minimum absolute atomic E-state index is 0.0778. The maximum atomic E-state index is 6.56.